The smallest absolute Gasteiger partial charge is 0.140 e. The number of rotatable bonds is 2. The Balaban J connectivity index is 1.81. The van der Waals surface area contributed by atoms with Crippen LogP contribution in [0.3, 0.4) is 0 Å². The molecule has 24 heavy (non-hydrogen) atoms. The number of Topliss-reactive ketones (excluding diaryl/α,β-unsaturated/α-hetero) is 1. The van der Waals surface area contributed by atoms with Gasteiger partial charge in [0, 0.05) is 29.1 Å². The third-order valence-corrected chi connectivity index (χ3v) is 6.14. The van der Waals surface area contributed by atoms with Gasteiger partial charge in [-0.25, -0.2) is 0 Å². The van der Waals surface area contributed by atoms with E-state index < -0.39 is 0 Å². The second-order valence-electron chi connectivity index (χ2n) is 6.51. The first-order valence-electron chi connectivity index (χ1n) is 8.06. The zero-order valence-electron chi connectivity index (χ0n) is 12.9. The summed E-state index contributed by atoms with van der Waals surface area (Å²) in [5, 5.41) is 1.77. The van der Waals surface area contributed by atoms with Gasteiger partial charge in [0.25, 0.3) is 0 Å². The first-order valence-corrected chi connectivity index (χ1v) is 9.19. The highest BCUT2D eigenvalue weighted by atomic mass is 35.5. The molecule has 0 radical (unpaired) electrons. The van der Waals surface area contributed by atoms with E-state index in [-0.39, 0.29) is 18.0 Å². The van der Waals surface area contributed by atoms with Crippen molar-refractivity contribution in [1.29, 1.82) is 0 Å². The van der Waals surface area contributed by atoms with E-state index in [0.717, 1.165) is 24.1 Å². The maximum absolute atomic E-state index is 12.5. The first-order chi connectivity index (χ1) is 11.5. The van der Waals surface area contributed by atoms with Gasteiger partial charge in [-0.3, -0.25) is 4.79 Å². The van der Waals surface area contributed by atoms with Crippen LogP contribution in [0.4, 0.5) is 5.69 Å². The number of benzene rings is 2. The molecule has 124 valence electrons. The van der Waals surface area contributed by atoms with Gasteiger partial charge >= 0.3 is 0 Å². The lowest BCUT2D eigenvalue weighted by atomic mass is 9.71. The summed E-state index contributed by atoms with van der Waals surface area (Å²) in [7, 11) is 0. The fraction of sp³-hybridized carbons (Fsp3) is 0.316. The zero-order chi connectivity index (χ0) is 16.8. The van der Waals surface area contributed by atoms with Gasteiger partial charge < -0.3 is 4.90 Å². The van der Waals surface area contributed by atoms with Gasteiger partial charge in [-0.15, -0.1) is 0 Å². The molecule has 0 spiro atoms. The Morgan fingerprint density at radius 2 is 1.67 bits per heavy atom. The Morgan fingerprint density at radius 1 is 0.917 bits per heavy atom. The predicted molar refractivity (Wildman–Crippen MR) is 99.3 cm³/mol. The molecule has 2 heterocycles. The molecule has 2 aromatic rings. The monoisotopic (exact) mass is 379 g/mol. The maximum Gasteiger partial charge on any atom is 0.140 e. The predicted octanol–water partition coefficient (Wildman–Crippen LogP) is 5.95. The summed E-state index contributed by atoms with van der Waals surface area (Å²) in [6, 6.07) is 13.8. The summed E-state index contributed by atoms with van der Waals surface area (Å²) < 4.78 is 0. The molecule has 0 aromatic heterocycles. The molecule has 5 rings (SSSR count). The zero-order valence-corrected chi connectivity index (χ0v) is 15.2. The van der Waals surface area contributed by atoms with E-state index in [1.54, 1.807) is 0 Å². The average Bonchev–Trinajstić information content (AvgIpc) is 2.58. The number of nitrogens with zero attached hydrogens (tertiary/aromatic N) is 1. The third-order valence-electron chi connectivity index (χ3n) is 5.15. The van der Waals surface area contributed by atoms with Crippen LogP contribution >= 0.6 is 34.8 Å². The van der Waals surface area contributed by atoms with Gasteiger partial charge in [0.1, 0.15) is 5.78 Å². The molecule has 2 aliphatic heterocycles. The van der Waals surface area contributed by atoms with Gasteiger partial charge in [0.05, 0.1) is 16.1 Å². The van der Waals surface area contributed by atoms with Crippen molar-refractivity contribution >= 4 is 46.3 Å². The van der Waals surface area contributed by atoms with E-state index in [1.165, 1.54) is 0 Å². The lowest BCUT2D eigenvalue weighted by Gasteiger charge is -2.52. The van der Waals surface area contributed by atoms with Crippen molar-refractivity contribution in [2.75, 3.05) is 4.90 Å². The second kappa shape index (κ2) is 6.25. The van der Waals surface area contributed by atoms with Crippen LogP contribution in [0, 0.1) is 5.92 Å². The van der Waals surface area contributed by atoms with Crippen molar-refractivity contribution in [3.8, 4) is 0 Å². The fourth-order valence-corrected chi connectivity index (χ4v) is 4.52. The SMILES string of the molecule is O=C1C[C@@H]2CC[C@H]1C(c1ccc(Cl)c(Cl)c1)N2c1ccc(Cl)cc1. The molecular weight excluding hydrogens is 365 g/mol. The lowest BCUT2D eigenvalue weighted by molar-refractivity contribution is -0.128. The summed E-state index contributed by atoms with van der Waals surface area (Å²) in [5.41, 5.74) is 2.14. The minimum Gasteiger partial charge on any atom is -0.360 e. The highest BCUT2D eigenvalue weighted by molar-refractivity contribution is 6.42. The van der Waals surface area contributed by atoms with Crippen LogP contribution in [0.15, 0.2) is 42.5 Å². The van der Waals surface area contributed by atoms with E-state index in [2.05, 4.69) is 4.90 Å². The van der Waals surface area contributed by atoms with E-state index in [1.807, 2.05) is 42.5 Å². The standard InChI is InChI=1S/C19H16Cl3NO/c20-12-2-4-13(5-3-12)23-14-6-7-15(18(24)10-14)19(23)11-1-8-16(21)17(22)9-11/h1-5,8-9,14-15,19H,6-7,10H2/t14-,15+,19?/m0/s1. The Kier molecular flexibility index (Phi) is 4.24. The number of carbonyl (C=O) groups is 1. The van der Waals surface area contributed by atoms with E-state index in [4.69, 9.17) is 34.8 Å². The molecule has 1 saturated carbocycles. The van der Waals surface area contributed by atoms with Crippen LogP contribution in [0.5, 0.6) is 0 Å². The molecule has 2 nitrogen and oxygen atoms in total. The first kappa shape index (κ1) is 16.3. The Labute approximate surface area is 156 Å². The molecule has 3 aliphatic rings. The van der Waals surface area contributed by atoms with Crippen molar-refractivity contribution in [2.24, 2.45) is 5.92 Å². The number of hydrogen-bond donors (Lipinski definition) is 0. The minimum absolute atomic E-state index is 0.000872. The number of fused-ring (bicyclic) bond motifs is 3. The van der Waals surface area contributed by atoms with Crippen molar-refractivity contribution in [2.45, 2.75) is 31.3 Å². The maximum atomic E-state index is 12.5. The number of piperidine rings is 2. The van der Waals surface area contributed by atoms with Gasteiger partial charge in [-0.05, 0) is 54.8 Å². The lowest BCUT2D eigenvalue weighted by Crippen LogP contribution is -2.54. The normalized spacial score (nSPS) is 26.0. The summed E-state index contributed by atoms with van der Waals surface area (Å²) in [6.07, 6.45) is 2.58. The molecular formula is C19H16Cl3NO. The second-order valence-corrected chi connectivity index (χ2v) is 7.76. The topological polar surface area (TPSA) is 20.3 Å². The molecule has 1 aliphatic carbocycles. The van der Waals surface area contributed by atoms with Crippen molar-refractivity contribution in [3.05, 3.63) is 63.1 Å². The van der Waals surface area contributed by atoms with Gasteiger partial charge in [0.2, 0.25) is 0 Å². The third kappa shape index (κ3) is 2.71. The van der Waals surface area contributed by atoms with E-state index >= 15 is 0 Å². The van der Waals surface area contributed by atoms with Crippen LogP contribution in [0.2, 0.25) is 15.1 Å². The number of halogens is 3. The van der Waals surface area contributed by atoms with E-state index in [0.29, 0.717) is 27.3 Å². The van der Waals surface area contributed by atoms with Gasteiger partial charge in [-0.1, -0.05) is 40.9 Å². The highest BCUT2D eigenvalue weighted by Crippen LogP contribution is 2.48. The van der Waals surface area contributed by atoms with Crippen molar-refractivity contribution in [3.63, 3.8) is 0 Å². The largest absolute Gasteiger partial charge is 0.360 e. The molecule has 2 bridgehead atoms. The summed E-state index contributed by atoms with van der Waals surface area (Å²) in [5.74, 6) is 0.357. The van der Waals surface area contributed by atoms with Crippen LogP contribution in [0.25, 0.3) is 0 Å². The summed E-state index contributed by atoms with van der Waals surface area (Å²) >= 11 is 18.3. The molecule has 0 amide bonds. The summed E-state index contributed by atoms with van der Waals surface area (Å²) in [6.45, 7) is 0. The average molecular weight is 381 g/mol. The minimum atomic E-state index is 0.000872. The molecule has 5 heteroatoms. The van der Waals surface area contributed by atoms with Crippen LogP contribution in [-0.4, -0.2) is 11.8 Å². The molecule has 2 aromatic carbocycles. The summed E-state index contributed by atoms with van der Waals surface area (Å²) in [4.78, 5) is 14.9. The van der Waals surface area contributed by atoms with Gasteiger partial charge in [-0.2, -0.15) is 0 Å². The van der Waals surface area contributed by atoms with Crippen molar-refractivity contribution < 1.29 is 4.79 Å². The fourth-order valence-electron chi connectivity index (χ4n) is 4.08. The molecule has 0 N–H and O–H groups in total. The molecule has 1 unspecified atom stereocenters. The number of hydrogen-bond acceptors (Lipinski definition) is 2. The number of carbonyl (C=O) groups excluding carboxylic acids is 1. The highest BCUT2D eigenvalue weighted by Gasteiger charge is 2.47. The Hall–Kier alpha value is -1.22. The quantitative estimate of drug-likeness (QED) is 0.642. The van der Waals surface area contributed by atoms with Crippen LogP contribution in [-0.2, 0) is 4.79 Å². The van der Waals surface area contributed by atoms with Crippen LogP contribution in [0.1, 0.15) is 30.9 Å². The molecule has 3 atom stereocenters. The van der Waals surface area contributed by atoms with E-state index in [9.17, 15) is 4.79 Å². The number of anilines is 1. The molecule has 3 fully saturated rings. The molecule has 2 saturated heterocycles. The Morgan fingerprint density at radius 3 is 2.33 bits per heavy atom. The van der Waals surface area contributed by atoms with Crippen LogP contribution < -0.4 is 4.90 Å². The van der Waals surface area contributed by atoms with Gasteiger partial charge in [0.15, 0.2) is 0 Å². The van der Waals surface area contributed by atoms with Crippen molar-refractivity contribution in [1.82, 2.24) is 0 Å². The Bertz CT molecular complexity index is 790. The number of ketones is 1.